The van der Waals surface area contributed by atoms with Crippen LogP contribution in [0.5, 0.6) is 0 Å². The summed E-state index contributed by atoms with van der Waals surface area (Å²) in [5.74, 6) is -0.122. The number of halogens is 1. The number of hydrogen-bond donors (Lipinski definition) is 1. The van der Waals surface area contributed by atoms with Gasteiger partial charge in [-0.3, -0.25) is 9.80 Å². The van der Waals surface area contributed by atoms with Crippen LogP contribution in [0.15, 0.2) is 24.3 Å². The summed E-state index contributed by atoms with van der Waals surface area (Å²) in [5, 5.41) is 9.39. The number of nitrogens with zero attached hydrogens (tertiary/aromatic N) is 2. The highest BCUT2D eigenvalue weighted by atomic mass is 19.1. The van der Waals surface area contributed by atoms with Gasteiger partial charge in [-0.2, -0.15) is 0 Å². The lowest BCUT2D eigenvalue weighted by molar-refractivity contribution is 0.0321. The summed E-state index contributed by atoms with van der Waals surface area (Å²) in [5.41, 5.74) is 0.764. The molecule has 1 saturated carbocycles. The van der Waals surface area contributed by atoms with Crippen LogP contribution in [0.2, 0.25) is 0 Å². The van der Waals surface area contributed by atoms with E-state index in [9.17, 15) is 9.50 Å². The van der Waals surface area contributed by atoms with Crippen LogP contribution in [0.4, 0.5) is 4.39 Å². The summed E-state index contributed by atoms with van der Waals surface area (Å²) in [6, 6.07) is 8.10. The Balaban J connectivity index is 1.65. The Morgan fingerprint density at radius 1 is 1.14 bits per heavy atom. The van der Waals surface area contributed by atoms with Gasteiger partial charge in [0.1, 0.15) is 5.82 Å². The van der Waals surface area contributed by atoms with Gasteiger partial charge < -0.3 is 5.11 Å². The SMILES string of the molecule is OCCC1CN(C2CCCC2)CCN1Cc1ccccc1F. The van der Waals surface area contributed by atoms with E-state index in [-0.39, 0.29) is 12.4 Å². The van der Waals surface area contributed by atoms with E-state index < -0.39 is 0 Å². The van der Waals surface area contributed by atoms with Gasteiger partial charge in [0.15, 0.2) is 0 Å². The van der Waals surface area contributed by atoms with Gasteiger partial charge in [0, 0.05) is 50.4 Å². The molecule has 1 heterocycles. The quantitative estimate of drug-likeness (QED) is 0.906. The van der Waals surface area contributed by atoms with Crippen LogP contribution in [-0.4, -0.2) is 53.2 Å². The van der Waals surface area contributed by atoms with E-state index in [1.165, 1.54) is 31.7 Å². The molecule has 1 aliphatic heterocycles. The van der Waals surface area contributed by atoms with Gasteiger partial charge in [-0.15, -0.1) is 0 Å². The van der Waals surface area contributed by atoms with Crippen LogP contribution >= 0.6 is 0 Å². The highest BCUT2D eigenvalue weighted by Crippen LogP contribution is 2.27. The molecule has 1 N–H and O–H groups in total. The van der Waals surface area contributed by atoms with E-state index in [0.717, 1.165) is 37.7 Å². The van der Waals surface area contributed by atoms with Gasteiger partial charge >= 0.3 is 0 Å². The minimum Gasteiger partial charge on any atom is -0.396 e. The van der Waals surface area contributed by atoms with Gasteiger partial charge in [0.05, 0.1) is 0 Å². The lowest BCUT2D eigenvalue weighted by Gasteiger charge is -2.44. The summed E-state index contributed by atoms with van der Waals surface area (Å²) in [6.07, 6.45) is 6.12. The van der Waals surface area contributed by atoms with Crippen LogP contribution in [-0.2, 0) is 6.54 Å². The molecular weight excluding hydrogens is 279 g/mol. The topological polar surface area (TPSA) is 26.7 Å². The van der Waals surface area contributed by atoms with E-state index in [1.54, 1.807) is 6.07 Å². The maximum atomic E-state index is 13.9. The van der Waals surface area contributed by atoms with Gasteiger partial charge in [-0.25, -0.2) is 4.39 Å². The zero-order valence-electron chi connectivity index (χ0n) is 13.3. The third-order valence-electron chi connectivity index (χ3n) is 5.27. The van der Waals surface area contributed by atoms with Crippen molar-refractivity contribution in [1.29, 1.82) is 0 Å². The van der Waals surface area contributed by atoms with Crippen molar-refractivity contribution in [3.63, 3.8) is 0 Å². The lowest BCUT2D eigenvalue weighted by atomic mass is 10.0. The average molecular weight is 306 g/mol. The maximum Gasteiger partial charge on any atom is 0.127 e. The zero-order chi connectivity index (χ0) is 15.4. The first-order valence-electron chi connectivity index (χ1n) is 8.60. The molecule has 1 unspecified atom stereocenters. The van der Waals surface area contributed by atoms with Crippen LogP contribution in [0.1, 0.15) is 37.7 Å². The Labute approximate surface area is 132 Å². The molecule has 22 heavy (non-hydrogen) atoms. The van der Waals surface area contributed by atoms with E-state index in [2.05, 4.69) is 9.80 Å². The van der Waals surface area contributed by atoms with E-state index >= 15 is 0 Å². The Morgan fingerprint density at radius 2 is 1.91 bits per heavy atom. The van der Waals surface area contributed by atoms with Crippen molar-refractivity contribution >= 4 is 0 Å². The van der Waals surface area contributed by atoms with Gasteiger partial charge in [-0.05, 0) is 25.3 Å². The van der Waals surface area contributed by atoms with Crippen LogP contribution in [0.3, 0.4) is 0 Å². The lowest BCUT2D eigenvalue weighted by Crippen LogP contribution is -2.55. The predicted molar refractivity (Wildman–Crippen MR) is 86.1 cm³/mol. The number of hydrogen-bond acceptors (Lipinski definition) is 3. The Bertz CT molecular complexity index is 476. The van der Waals surface area contributed by atoms with Crippen molar-refractivity contribution in [2.24, 2.45) is 0 Å². The third kappa shape index (κ3) is 3.67. The van der Waals surface area contributed by atoms with Crippen molar-refractivity contribution in [2.75, 3.05) is 26.2 Å². The summed E-state index contributed by atoms with van der Waals surface area (Å²) in [6.45, 7) is 3.91. The first kappa shape index (κ1) is 15.9. The molecule has 0 amide bonds. The second-order valence-electron chi connectivity index (χ2n) is 6.66. The summed E-state index contributed by atoms with van der Waals surface area (Å²) in [7, 11) is 0. The van der Waals surface area contributed by atoms with Crippen molar-refractivity contribution in [2.45, 2.75) is 50.7 Å². The van der Waals surface area contributed by atoms with E-state index in [4.69, 9.17) is 0 Å². The fourth-order valence-electron chi connectivity index (χ4n) is 3.99. The van der Waals surface area contributed by atoms with Crippen LogP contribution in [0, 0.1) is 5.82 Å². The third-order valence-corrected chi connectivity index (χ3v) is 5.27. The van der Waals surface area contributed by atoms with Crippen LogP contribution < -0.4 is 0 Å². The minimum atomic E-state index is -0.122. The number of piperazine rings is 1. The first-order chi connectivity index (χ1) is 10.8. The second kappa shape index (κ2) is 7.53. The zero-order valence-corrected chi connectivity index (χ0v) is 13.3. The number of benzene rings is 1. The molecule has 0 aromatic heterocycles. The molecule has 1 atom stereocenters. The molecule has 4 heteroatoms. The molecule has 1 aliphatic carbocycles. The number of rotatable bonds is 5. The number of aliphatic hydroxyl groups excluding tert-OH is 1. The monoisotopic (exact) mass is 306 g/mol. The molecule has 1 aromatic rings. The molecule has 1 aromatic carbocycles. The standard InChI is InChI=1S/C18H27FN2O/c19-18-8-4-1-5-15(18)13-20-10-11-21(14-17(20)9-12-22)16-6-2-3-7-16/h1,4-5,8,16-17,22H,2-3,6-7,9-14H2. The Kier molecular flexibility index (Phi) is 5.45. The fraction of sp³-hybridized carbons (Fsp3) is 0.667. The summed E-state index contributed by atoms with van der Waals surface area (Å²) in [4.78, 5) is 4.95. The van der Waals surface area contributed by atoms with Crippen LogP contribution in [0.25, 0.3) is 0 Å². The normalized spacial score (nSPS) is 24.9. The molecule has 0 radical (unpaired) electrons. The van der Waals surface area contributed by atoms with Crippen molar-refractivity contribution in [1.82, 2.24) is 9.80 Å². The maximum absolute atomic E-state index is 13.9. The Morgan fingerprint density at radius 3 is 2.64 bits per heavy atom. The summed E-state index contributed by atoms with van der Waals surface area (Å²) < 4.78 is 13.9. The average Bonchev–Trinajstić information content (AvgIpc) is 3.06. The molecule has 3 nitrogen and oxygen atoms in total. The van der Waals surface area contributed by atoms with E-state index in [1.807, 2.05) is 12.1 Å². The smallest absolute Gasteiger partial charge is 0.127 e. The van der Waals surface area contributed by atoms with Gasteiger partial charge in [0.2, 0.25) is 0 Å². The molecule has 1 saturated heterocycles. The molecule has 3 rings (SSSR count). The highest BCUT2D eigenvalue weighted by Gasteiger charge is 2.31. The fourth-order valence-corrected chi connectivity index (χ4v) is 3.99. The molecule has 2 aliphatic rings. The minimum absolute atomic E-state index is 0.122. The molecule has 0 spiro atoms. The largest absolute Gasteiger partial charge is 0.396 e. The van der Waals surface area contributed by atoms with Crippen molar-refractivity contribution in [3.05, 3.63) is 35.6 Å². The van der Waals surface area contributed by atoms with Gasteiger partial charge in [0.25, 0.3) is 0 Å². The predicted octanol–water partition coefficient (Wildman–Crippen LogP) is 2.64. The molecule has 2 fully saturated rings. The molecular formula is C18H27FN2O. The van der Waals surface area contributed by atoms with Crippen molar-refractivity contribution in [3.8, 4) is 0 Å². The first-order valence-corrected chi connectivity index (χ1v) is 8.60. The molecule has 0 bridgehead atoms. The number of aliphatic hydroxyl groups is 1. The van der Waals surface area contributed by atoms with E-state index in [0.29, 0.717) is 12.6 Å². The second-order valence-corrected chi connectivity index (χ2v) is 6.66. The van der Waals surface area contributed by atoms with Crippen molar-refractivity contribution < 1.29 is 9.50 Å². The molecule has 122 valence electrons. The van der Waals surface area contributed by atoms with Gasteiger partial charge in [-0.1, -0.05) is 31.0 Å². The summed E-state index contributed by atoms with van der Waals surface area (Å²) >= 11 is 0. The Hall–Kier alpha value is -0.970. The highest BCUT2D eigenvalue weighted by molar-refractivity contribution is 5.17.